The van der Waals surface area contributed by atoms with E-state index in [0.29, 0.717) is 16.5 Å². The van der Waals surface area contributed by atoms with Crippen molar-refractivity contribution in [1.82, 2.24) is 9.88 Å². The number of hydrogen-bond donors (Lipinski definition) is 0. The van der Waals surface area contributed by atoms with Crippen LogP contribution in [0.3, 0.4) is 0 Å². The first-order valence-corrected chi connectivity index (χ1v) is 6.78. The first kappa shape index (κ1) is 14.4. The van der Waals surface area contributed by atoms with Crippen LogP contribution in [0.5, 0.6) is 0 Å². The van der Waals surface area contributed by atoms with E-state index < -0.39 is 5.82 Å². The fourth-order valence-corrected chi connectivity index (χ4v) is 2.52. The highest BCUT2D eigenvalue weighted by Crippen LogP contribution is 2.21. The summed E-state index contributed by atoms with van der Waals surface area (Å²) in [7, 11) is 0. The zero-order chi connectivity index (χ0) is 14.9. The van der Waals surface area contributed by atoms with E-state index in [4.69, 9.17) is 0 Å². The molecule has 4 heteroatoms. The van der Waals surface area contributed by atoms with Gasteiger partial charge in [-0.3, -0.25) is 9.78 Å². The quantitative estimate of drug-likeness (QED) is 0.856. The monoisotopic (exact) mass is 274 g/mol. The Morgan fingerprint density at radius 2 is 1.85 bits per heavy atom. The first-order valence-electron chi connectivity index (χ1n) is 6.78. The van der Waals surface area contributed by atoms with Crippen LogP contribution in [-0.4, -0.2) is 27.9 Å². The molecule has 20 heavy (non-hydrogen) atoms. The number of halogens is 1. The van der Waals surface area contributed by atoms with Gasteiger partial charge in [0.15, 0.2) is 0 Å². The van der Waals surface area contributed by atoms with E-state index in [1.807, 2.05) is 27.7 Å². The van der Waals surface area contributed by atoms with E-state index in [-0.39, 0.29) is 18.0 Å². The summed E-state index contributed by atoms with van der Waals surface area (Å²) in [5.41, 5.74) is 0.869. The lowest BCUT2D eigenvalue weighted by molar-refractivity contribution is 0.0645. The molecule has 0 saturated heterocycles. The summed E-state index contributed by atoms with van der Waals surface area (Å²) in [4.78, 5) is 18.7. The highest BCUT2D eigenvalue weighted by atomic mass is 19.1. The Labute approximate surface area is 118 Å². The second kappa shape index (κ2) is 5.57. The van der Waals surface area contributed by atoms with Crippen LogP contribution in [0.1, 0.15) is 38.1 Å². The molecule has 0 aliphatic heterocycles. The van der Waals surface area contributed by atoms with Crippen molar-refractivity contribution in [1.29, 1.82) is 0 Å². The first-order chi connectivity index (χ1) is 9.41. The lowest BCUT2D eigenvalue weighted by atomic mass is 10.1. The lowest BCUT2D eigenvalue weighted by Gasteiger charge is -2.31. The van der Waals surface area contributed by atoms with Gasteiger partial charge in [0.2, 0.25) is 0 Å². The fraction of sp³-hybridized carbons (Fsp3) is 0.375. The SMILES string of the molecule is CC(C)N(C(=O)c1cc(F)cc2cccnc12)C(C)C. The Bertz CT molecular complexity index is 629. The third kappa shape index (κ3) is 2.64. The van der Waals surface area contributed by atoms with E-state index in [1.54, 1.807) is 23.2 Å². The van der Waals surface area contributed by atoms with Crippen molar-refractivity contribution in [3.8, 4) is 0 Å². The maximum Gasteiger partial charge on any atom is 0.256 e. The number of amides is 1. The molecular formula is C16H19FN2O. The molecule has 1 heterocycles. The fourth-order valence-electron chi connectivity index (χ4n) is 2.52. The van der Waals surface area contributed by atoms with Crippen molar-refractivity contribution in [3.63, 3.8) is 0 Å². The predicted octanol–water partition coefficient (Wildman–Crippen LogP) is 3.63. The van der Waals surface area contributed by atoms with Gasteiger partial charge in [-0.05, 0) is 45.9 Å². The van der Waals surface area contributed by atoms with Crippen LogP contribution in [0.25, 0.3) is 10.9 Å². The van der Waals surface area contributed by atoms with Crippen molar-refractivity contribution in [2.75, 3.05) is 0 Å². The third-order valence-corrected chi connectivity index (χ3v) is 3.25. The number of nitrogens with zero attached hydrogens (tertiary/aromatic N) is 2. The Balaban J connectivity index is 2.59. The number of carbonyl (C=O) groups is 1. The van der Waals surface area contributed by atoms with E-state index in [0.717, 1.165) is 0 Å². The Morgan fingerprint density at radius 3 is 2.45 bits per heavy atom. The van der Waals surface area contributed by atoms with Crippen LogP contribution in [0.4, 0.5) is 4.39 Å². The second-order valence-electron chi connectivity index (χ2n) is 5.43. The average Bonchev–Trinajstić information content (AvgIpc) is 2.36. The van der Waals surface area contributed by atoms with E-state index >= 15 is 0 Å². The summed E-state index contributed by atoms with van der Waals surface area (Å²) >= 11 is 0. The van der Waals surface area contributed by atoms with Crippen LogP contribution in [0, 0.1) is 5.82 Å². The van der Waals surface area contributed by atoms with Crippen molar-refractivity contribution >= 4 is 16.8 Å². The molecule has 106 valence electrons. The Kier molecular flexibility index (Phi) is 4.02. The summed E-state index contributed by atoms with van der Waals surface area (Å²) in [5.74, 6) is -0.598. The molecule has 0 aliphatic carbocycles. The molecule has 0 saturated carbocycles. The second-order valence-corrected chi connectivity index (χ2v) is 5.43. The Morgan fingerprint density at radius 1 is 1.20 bits per heavy atom. The molecule has 3 nitrogen and oxygen atoms in total. The highest BCUT2D eigenvalue weighted by molar-refractivity contribution is 6.05. The van der Waals surface area contributed by atoms with E-state index in [9.17, 15) is 9.18 Å². The van der Waals surface area contributed by atoms with E-state index in [1.165, 1.54) is 12.1 Å². The highest BCUT2D eigenvalue weighted by Gasteiger charge is 2.24. The molecule has 0 atom stereocenters. The van der Waals surface area contributed by atoms with Crippen molar-refractivity contribution < 1.29 is 9.18 Å². The maximum atomic E-state index is 13.7. The molecule has 1 aromatic carbocycles. The molecule has 1 amide bonds. The topological polar surface area (TPSA) is 33.2 Å². The summed E-state index contributed by atoms with van der Waals surface area (Å²) in [6.07, 6.45) is 1.62. The lowest BCUT2D eigenvalue weighted by Crippen LogP contribution is -2.42. The van der Waals surface area contributed by atoms with Gasteiger partial charge in [0.25, 0.3) is 5.91 Å². The van der Waals surface area contributed by atoms with Gasteiger partial charge < -0.3 is 4.90 Å². The van der Waals surface area contributed by atoms with Gasteiger partial charge >= 0.3 is 0 Å². The molecule has 0 bridgehead atoms. The van der Waals surface area contributed by atoms with Gasteiger partial charge in [0.1, 0.15) is 5.82 Å². The largest absolute Gasteiger partial charge is 0.334 e. The molecule has 0 spiro atoms. The molecular weight excluding hydrogens is 255 g/mol. The number of benzene rings is 1. The molecule has 0 fully saturated rings. The molecule has 0 aliphatic rings. The number of rotatable bonds is 3. The number of fused-ring (bicyclic) bond motifs is 1. The average molecular weight is 274 g/mol. The Hall–Kier alpha value is -1.97. The maximum absolute atomic E-state index is 13.7. The van der Waals surface area contributed by atoms with Crippen molar-refractivity contribution in [3.05, 3.63) is 41.8 Å². The number of pyridine rings is 1. The van der Waals surface area contributed by atoms with Gasteiger partial charge in [-0.15, -0.1) is 0 Å². The van der Waals surface area contributed by atoms with Gasteiger partial charge in [-0.2, -0.15) is 0 Å². The zero-order valence-electron chi connectivity index (χ0n) is 12.2. The summed E-state index contributed by atoms with van der Waals surface area (Å²) in [5, 5.41) is 0.642. The smallest absolute Gasteiger partial charge is 0.256 e. The minimum absolute atomic E-state index is 0.0459. The molecule has 0 radical (unpaired) electrons. The minimum atomic E-state index is -0.415. The van der Waals surface area contributed by atoms with Crippen molar-refractivity contribution in [2.45, 2.75) is 39.8 Å². The van der Waals surface area contributed by atoms with Crippen LogP contribution in [0.2, 0.25) is 0 Å². The molecule has 1 aromatic heterocycles. The van der Waals surface area contributed by atoms with Crippen LogP contribution >= 0.6 is 0 Å². The van der Waals surface area contributed by atoms with Crippen LogP contribution in [-0.2, 0) is 0 Å². The number of hydrogen-bond acceptors (Lipinski definition) is 2. The summed E-state index contributed by atoms with van der Waals surface area (Å²) in [6.45, 7) is 7.80. The number of aromatic nitrogens is 1. The minimum Gasteiger partial charge on any atom is -0.334 e. The zero-order valence-corrected chi connectivity index (χ0v) is 12.2. The normalized spacial score (nSPS) is 11.3. The number of carbonyl (C=O) groups excluding carboxylic acids is 1. The molecule has 2 rings (SSSR count). The predicted molar refractivity (Wildman–Crippen MR) is 78.1 cm³/mol. The van der Waals surface area contributed by atoms with Crippen LogP contribution in [0.15, 0.2) is 30.5 Å². The third-order valence-electron chi connectivity index (χ3n) is 3.25. The standard InChI is InChI=1S/C16H19FN2O/c1-10(2)19(11(3)4)16(20)14-9-13(17)8-12-6-5-7-18-15(12)14/h5-11H,1-4H3. The van der Waals surface area contributed by atoms with Gasteiger partial charge in [-0.25, -0.2) is 4.39 Å². The summed E-state index contributed by atoms with van der Waals surface area (Å²) < 4.78 is 13.7. The molecule has 2 aromatic rings. The molecule has 0 N–H and O–H groups in total. The summed E-state index contributed by atoms with van der Waals surface area (Å²) in [6, 6.07) is 6.26. The molecule has 0 unspecified atom stereocenters. The van der Waals surface area contributed by atoms with Crippen molar-refractivity contribution in [2.24, 2.45) is 0 Å². The van der Waals surface area contributed by atoms with Gasteiger partial charge in [0, 0.05) is 23.7 Å². The van der Waals surface area contributed by atoms with Gasteiger partial charge in [0.05, 0.1) is 11.1 Å². The van der Waals surface area contributed by atoms with E-state index in [2.05, 4.69) is 4.98 Å². The van der Waals surface area contributed by atoms with Gasteiger partial charge in [-0.1, -0.05) is 6.07 Å². The van der Waals surface area contributed by atoms with Crippen LogP contribution < -0.4 is 0 Å².